The third kappa shape index (κ3) is 7.34. The molecule has 1 aromatic carbocycles. The molecule has 2 aliphatic rings. The van der Waals surface area contributed by atoms with E-state index in [1.165, 1.54) is 16.2 Å². The van der Waals surface area contributed by atoms with Crippen molar-refractivity contribution in [2.75, 3.05) is 11.5 Å². The van der Waals surface area contributed by atoms with Crippen molar-refractivity contribution in [1.29, 1.82) is 0 Å². The number of aliphatic carboxylic acids is 1. The van der Waals surface area contributed by atoms with E-state index in [1.807, 2.05) is 0 Å². The minimum absolute atomic E-state index is 0.109. The minimum Gasteiger partial charge on any atom is -0.475 e. The number of nitrogens with one attached hydrogen (secondary N) is 1. The summed E-state index contributed by atoms with van der Waals surface area (Å²) >= 11 is 1.38. The average Bonchev–Trinajstić information content (AvgIpc) is 3.43. The van der Waals surface area contributed by atoms with E-state index in [1.54, 1.807) is 16.8 Å². The largest absolute Gasteiger partial charge is 0.490 e. The molecule has 0 radical (unpaired) electrons. The molecular weight excluding hydrogens is 502 g/mol. The number of thiophene rings is 1. The molecule has 2 unspecified atom stereocenters. The molecule has 0 saturated carbocycles. The smallest absolute Gasteiger partial charge is 0.475 e. The number of carboxylic acids is 1. The summed E-state index contributed by atoms with van der Waals surface area (Å²) in [6.07, 6.45) is -1.44. The highest BCUT2D eigenvalue weighted by molar-refractivity contribution is 7.08. The predicted octanol–water partition coefficient (Wildman–Crippen LogP) is 5.47. The van der Waals surface area contributed by atoms with Crippen LogP contribution in [0.2, 0.25) is 0 Å². The molecule has 2 fully saturated rings. The number of hydrogen-bond donors (Lipinski definition) is 2. The van der Waals surface area contributed by atoms with Gasteiger partial charge in [-0.15, -0.1) is 0 Å². The van der Waals surface area contributed by atoms with Crippen LogP contribution in [-0.4, -0.2) is 42.0 Å². The van der Waals surface area contributed by atoms with Gasteiger partial charge < -0.3 is 15.2 Å². The Kier molecular flexibility index (Phi) is 8.65. The van der Waals surface area contributed by atoms with Crippen molar-refractivity contribution in [3.8, 4) is 0 Å². The van der Waals surface area contributed by atoms with Crippen LogP contribution < -0.4 is 10.2 Å². The van der Waals surface area contributed by atoms with Crippen LogP contribution in [0.25, 0.3) is 0 Å². The van der Waals surface area contributed by atoms with Gasteiger partial charge in [-0.3, -0.25) is 4.90 Å². The van der Waals surface area contributed by atoms with Crippen molar-refractivity contribution in [3.63, 3.8) is 0 Å². The maximum Gasteiger partial charge on any atom is 0.490 e. The van der Waals surface area contributed by atoms with Gasteiger partial charge >= 0.3 is 18.2 Å². The summed E-state index contributed by atoms with van der Waals surface area (Å²) in [7, 11) is 0. The number of alkyl halides is 3. The first-order valence-electron chi connectivity index (χ1n) is 10.6. The van der Waals surface area contributed by atoms with Crippen LogP contribution >= 0.6 is 11.3 Å². The number of fused-ring (bicyclic) bond motifs is 2. The van der Waals surface area contributed by atoms with Crippen molar-refractivity contribution in [3.05, 3.63) is 52.0 Å². The number of ether oxygens (including phenoxy) is 1. The van der Waals surface area contributed by atoms with E-state index >= 15 is 0 Å². The van der Waals surface area contributed by atoms with Crippen molar-refractivity contribution in [1.82, 2.24) is 5.32 Å². The van der Waals surface area contributed by atoms with Crippen molar-refractivity contribution < 1.29 is 45.8 Å². The fourth-order valence-electron chi connectivity index (χ4n) is 4.11. The Morgan fingerprint density at radius 3 is 2.23 bits per heavy atom. The quantitative estimate of drug-likeness (QED) is 0.401. The number of rotatable bonds is 5. The fourth-order valence-corrected chi connectivity index (χ4v) is 4.75. The summed E-state index contributed by atoms with van der Waals surface area (Å²) in [5, 5.41) is 14.2. The number of anilines is 1. The lowest BCUT2D eigenvalue weighted by molar-refractivity contribution is -0.192. The van der Waals surface area contributed by atoms with Crippen molar-refractivity contribution >= 4 is 29.1 Å². The van der Waals surface area contributed by atoms with Gasteiger partial charge in [0, 0.05) is 29.1 Å². The zero-order valence-electron chi connectivity index (χ0n) is 18.2. The first kappa shape index (κ1) is 26.8. The van der Waals surface area contributed by atoms with Gasteiger partial charge in [0.15, 0.2) is 11.6 Å². The standard InChI is InChI=1S/C20H21F3N2O2S.C2HF3O2/c21-17-8-19(23)18(22)7-13(17)9-25(16-3-4-28-11-16)20(26)27-10-12-5-14-1-2-15(6-12)24-14;3-2(4,5)1(6)7/h3-4,7-8,11-12,14-15,24H,1-2,5-6,9-10H2;(H,6,7). The number of carbonyl (C=O) groups is 2. The van der Waals surface area contributed by atoms with E-state index < -0.39 is 35.7 Å². The topological polar surface area (TPSA) is 78.9 Å². The Morgan fingerprint density at radius 1 is 1.09 bits per heavy atom. The molecule has 2 bridgehead atoms. The third-order valence-electron chi connectivity index (χ3n) is 5.71. The van der Waals surface area contributed by atoms with E-state index in [-0.39, 0.29) is 12.1 Å². The summed E-state index contributed by atoms with van der Waals surface area (Å²) in [5.41, 5.74) is 0.423. The van der Waals surface area contributed by atoms with E-state index in [0.29, 0.717) is 36.4 Å². The minimum atomic E-state index is -5.08. The Bertz CT molecular complexity index is 1020. The highest BCUT2D eigenvalue weighted by atomic mass is 32.1. The zero-order chi connectivity index (χ0) is 25.8. The lowest BCUT2D eigenvalue weighted by Gasteiger charge is -2.29. The van der Waals surface area contributed by atoms with Crippen LogP contribution in [0.4, 0.5) is 36.8 Å². The molecule has 2 aromatic rings. The maximum atomic E-state index is 14.1. The first-order chi connectivity index (χ1) is 16.4. The molecule has 192 valence electrons. The summed E-state index contributed by atoms with van der Waals surface area (Å²) in [6.45, 7) is 0.0600. The van der Waals surface area contributed by atoms with Crippen LogP contribution in [0.15, 0.2) is 29.0 Å². The monoisotopic (exact) mass is 524 g/mol. The highest BCUT2D eigenvalue weighted by Gasteiger charge is 2.38. The van der Waals surface area contributed by atoms with Gasteiger partial charge in [0.1, 0.15) is 5.82 Å². The summed E-state index contributed by atoms with van der Waals surface area (Å²) < 4.78 is 78.1. The second-order valence-electron chi connectivity index (χ2n) is 8.28. The molecule has 0 spiro atoms. The van der Waals surface area contributed by atoms with E-state index in [4.69, 9.17) is 14.6 Å². The van der Waals surface area contributed by atoms with Gasteiger partial charge in [0.05, 0.1) is 18.8 Å². The van der Waals surface area contributed by atoms with Gasteiger partial charge in [-0.05, 0) is 49.1 Å². The number of halogens is 6. The SMILES string of the molecule is O=C(O)C(F)(F)F.O=C(OCC1CC2CCC(C1)N2)N(Cc1cc(F)c(F)cc1F)c1ccsc1. The van der Waals surface area contributed by atoms with Gasteiger partial charge in [-0.1, -0.05) is 0 Å². The molecule has 4 rings (SSSR count). The second kappa shape index (κ2) is 11.3. The summed E-state index contributed by atoms with van der Waals surface area (Å²) in [5.74, 6) is -5.77. The summed E-state index contributed by atoms with van der Waals surface area (Å²) in [6, 6.07) is 3.96. The number of amides is 1. The van der Waals surface area contributed by atoms with Crippen LogP contribution in [0, 0.1) is 23.4 Å². The van der Waals surface area contributed by atoms with Gasteiger partial charge in [-0.2, -0.15) is 24.5 Å². The number of hydrogen-bond acceptors (Lipinski definition) is 5. The Labute approximate surface area is 200 Å². The molecule has 2 aliphatic heterocycles. The molecule has 2 N–H and O–H groups in total. The van der Waals surface area contributed by atoms with E-state index in [0.717, 1.165) is 31.7 Å². The highest BCUT2D eigenvalue weighted by Crippen LogP contribution is 2.31. The second-order valence-corrected chi connectivity index (χ2v) is 9.06. The number of carbonyl (C=O) groups excluding carboxylic acids is 1. The molecule has 35 heavy (non-hydrogen) atoms. The van der Waals surface area contributed by atoms with Gasteiger partial charge in [-0.25, -0.2) is 22.8 Å². The van der Waals surface area contributed by atoms with Crippen LogP contribution in [0.3, 0.4) is 0 Å². The van der Waals surface area contributed by atoms with Crippen LogP contribution in [0.5, 0.6) is 0 Å². The molecule has 1 aromatic heterocycles. The molecule has 3 heterocycles. The molecule has 2 saturated heterocycles. The molecule has 6 nitrogen and oxygen atoms in total. The fraction of sp³-hybridized carbons (Fsp3) is 0.455. The molecule has 2 atom stereocenters. The number of benzene rings is 1. The van der Waals surface area contributed by atoms with Crippen molar-refractivity contribution in [2.24, 2.45) is 5.92 Å². The Morgan fingerprint density at radius 2 is 1.69 bits per heavy atom. The molecule has 0 aliphatic carbocycles. The first-order valence-corrected chi connectivity index (χ1v) is 11.5. The van der Waals surface area contributed by atoms with Crippen LogP contribution in [0.1, 0.15) is 31.2 Å². The third-order valence-corrected chi connectivity index (χ3v) is 6.38. The van der Waals surface area contributed by atoms with Gasteiger partial charge in [0.25, 0.3) is 0 Å². The molecular formula is C22H22F6N2O4S. The van der Waals surface area contributed by atoms with E-state index in [9.17, 15) is 31.1 Å². The summed E-state index contributed by atoms with van der Waals surface area (Å²) in [4.78, 5) is 22.9. The number of carboxylic acid groups (broad SMARTS) is 1. The molecule has 1 amide bonds. The normalized spacial score (nSPS) is 21.1. The lowest BCUT2D eigenvalue weighted by atomic mass is 9.93. The lowest BCUT2D eigenvalue weighted by Crippen LogP contribution is -2.40. The number of piperidine rings is 1. The average molecular weight is 524 g/mol. The van der Waals surface area contributed by atoms with Crippen molar-refractivity contribution in [2.45, 2.75) is 50.5 Å². The Hall–Kier alpha value is -2.80. The maximum absolute atomic E-state index is 14.1. The Balaban J connectivity index is 0.000000429. The number of nitrogens with zero attached hydrogens (tertiary/aromatic N) is 1. The van der Waals surface area contributed by atoms with Crippen LogP contribution in [-0.2, 0) is 16.1 Å². The molecule has 13 heteroatoms. The predicted molar refractivity (Wildman–Crippen MR) is 115 cm³/mol. The van der Waals surface area contributed by atoms with E-state index in [2.05, 4.69) is 5.32 Å². The zero-order valence-corrected chi connectivity index (χ0v) is 19.0. The van der Waals surface area contributed by atoms with Gasteiger partial charge in [0.2, 0.25) is 0 Å².